The van der Waals surface area contributed by atoms with Gasteiger partial charge in [-0.3, -0.25) is 9.97 Å². The van der Waals surface area contributed by atoms with Crippen molar-refractivity contribution in [2.45, 2.75) is 37.8 Å². The number of likely N-dealkylation sites (N-methyl/N-ethyl adjacent to an activating group) is 2. The number of halogens is 10. The average molecular weight is 1480 g/mol. The van der Waals surface area contributed by atoms with Gasteiger partial charge in [0.05, 0.1) is 115 Å². The van der Waals surface area contributed by atoms with E-state index in [1.165, 1.54) is 0 Å². The smallest absolute Gasteiger partial charge is 0.314 e. The van der Waals surface area contributed by atoms with Gasteiger partial charge in [0, 0.05) is 109 Å². The van der Waals surface area contributed by atoms with Gasteiger partial charge in [0.1, 0.15) is 11.6 Å². The molecule has 0 saturated carbocycles. The first-order valence-electron chi connectivity index (χ1n) is 29.1. The van der Waals surface area contributed by atoms with Crippen molar-refractivity contribution in [3.8, 4) is 22.5 Å². The summed E-state index contributed by atoms with van der Waals surface area (Å²) in [5.41, 5.74) is 10.4. The molecule has 2 atom stereocenters. The second-order valence-corrected chi connectivity index (χ2v) is 22.5. The summed E-state index contributed by atoms with van der Waals surface area (Å²) in [6.07, 6.45) is 8.35. The molecule has 0 radical (unpaired) electrons. The fraction of sp³-hybridized carbons (Fsp3) is 0.452. The summed E-state index contributed by atoms with van der Waals surface area (Å²) in [5, 5.41) is 20.4. The predicted molar refractivity (Wildman–Crippen MR) is 382 cm³/mol. The number of benzene rings is 4. The number of nitrogens with zero attached hydrogens (tertiary/aromatic N) is 6. The highest BCUT2D eigenvalue weighted by Crippen LogP contribution is 2.41. The van der Waals surface area contributed by atoms with E-state index in [9.17, 15) is 9.59 Å². The molecule has 30 heteroatoms. The Bertz CT molecular complexity index is 2920. The first-order chi connectivity index (χ1) is 42.0. The topological polar surface area (TPSA) is 220 Å². The molecule has 6 N–H and O–H groups in total. The van der Waals surface area contributed by atoms with E-state index in [1.807, 2.05) is 36.4 Å². The number of carbonyl (C=O) groups is 2. The van der Waals surface area contributed by atoms with Gasteiger partial charge in [0.25, 0.3) is 0 Å². The normalized spacial score (nSPS) is 14.0. The molecule has 2 aliphatic heterocycles. The van der Waals surface area contributed by atoms with E-state index in [-0.39, 0.29) is 98.3 Å². The minimum Gasteiger partial charge on any atom is -0.377 e. The van der Waals surface area contributed by atoms with Crippen LogP contribution in [0, 0.1) is 0 Å². The van der Waals surface area contributed by atoms with Crippen LogP contribution in [0.4, 0.5) is 21.2 Å². The quantitative estimate of drug-likeness (QED) is 0.0204. The summed E-state index contributed by atoms with van der Waals surface area (Å²) in [5.74, 6) is 1.57. The molecule has 2 aromatic heterocycles. The molecule has 510 valence electrons. The number of anilines is 2. The van der Waals surface area contributed by atoms with Crippen molar-refractivity contribution in [1.29, 1.82) is 0 Å². The maximum absolute atomic E-state index is 12.1. The third kappa shape index (κ3) is 27.8. The number of amides is 4. The maximum atomic E-state index is 12.1. The van der Waals surface area contributed by atoms with Gasteiger partial charge in [-0.2, -0.15) is 0 Å². The number of unbranched alkanes of at least 4 members (excludes halogenated alkanes) is 1. The molecule has 6 aromatic rings. The van der Waals surface area contributed by atoms with Gasteiger partial charge in [-0.25, -0.2) is 19.6 Å². The molecule has 0 fully saturated rings. The third-order valence-electron chi connectivity index (χ3n) is 14.3. The van der Waals surface area contributed by atoms with Crippen LogP contribution in [0.2, 0.25) is 20.1 Å². The van der Waals surface area contributed by atoms with Crippen LogP contribution in [-0.4, -0.2) is 188 Å². The van der Waals surface area contributed by atoms with Gasteiger partial charge in [0.2, 0.25) is 0 Å². The molecule has 4 amide bonds. The molecule has 8 rings (SSSR count). The number of rotatable bonds is 35. The highest BCUT2D eigenvalue weighted by atomic mass is 35.5. The molecule has 2 aliphatic rings. The number of ether oxygens (including phenoxy) is 6. The van der Waals surface area contributed by atoms with Crippen LogP contribution < -0.4 is 31.9 Å². The minimum atomic E-state index is -0.274. The lowest BCUT2D eigenvalue weighted by molar-refractivity contribution is 0.0172. The SMILES string of the molecule is CN1Cc2c(Cl)cc(Cl)cc2[C@H](c2cccc(-c3cncc(NCCOCCOCCOCCNC(=O)NCCCCNC(=O)NCCOCCOCCOCCNc4cncc(-c5cccc([C@@H]6CN(C)Cc7c(Cl)cc(Cl)cc76)c5)n4)n3)c2)C1.Cl.Cl.Cl.Cl.Cl.Cl. The van der Waals surface area contributed by atoms with Crippen LogP contribution in [0.1, 0.15) is 58.1 Å². The minimum absolute atomic E-state index is 0. The number of carbonyl (C=O) groups excluding carboxylic acids is 2. The Kier molecular flexibility index (Phi) is 41.9. The number of hydrogen-bond donors (Lipinski definition) is 6. The average Bonchev–Trinajstić information content (AvgIpc) is 0.876. The van der Waals surface area contributed by atoms with Gasteiger partial charge < -0.3 is 70.1 Å². The van der Waals surface area contributed by atoms with Crippen LogP contribution in [0.15, 0.2) is 97.6 Å². The zero-order valence-electron chi connectivity index (χ0n) is 51.3. The lowest BCUT2D eigenvalue weighted by atomic mass is 9.84. The fourth-order valence-corrected chi connectivity index (χ4v) is 11.2. The Morgan fingerprint density at radius 1 is 0.457 bits per heavy atom. The molecular formula is C62H84Cl10N12O8. The Labute approximate surface area is 596 Å². The van der Waals surface area contributed by atoms with Gasteiger partial charge in [0.15, 0.2) is 0 Å². The summed E-state index contributed by atoms with van der Waals surface area (Å²) < 4.78 is 33.8. The Hall–Kier alpha value is -4.24. The predicted octanol–water partition coefficient (Wildman–Crippen LogP) is 11.9. The van der Waals surface area contributed by atoms with Gasteiger partial charge in [-0.15, -0.1) is 74.4 Å². The number of aromatic nitrogens is 4. The van der Waals surface area contributed by atoms with Crippen molar-refractivity contribution in [3.63, 3.8) is 0 Å². The van der Waals surface area contributed by atoms with Crippen LogP contribution >= 0.6 is 121 Å². The lowest BCUT2D eigenvalue weighted by Crippen LogP contribution is -2.39. The largest absolute Gasteiger partial charge is 0.377 e. The molecular weight excluding hydrogens is 1400 g/mol. The molecule has 0 spiro atoms. The number of urea groups is 2. The van der Waals surface area contributed by atoms with Crippen LogP contribution in [0.25, 0.3) is 22.5 Å². The highest BCUT2D eigenvalue weighted by Gasteiger charge is 2.29. The van der Waals surface area contributed by atoms with Crippen molar-refractivity contribution < 1.29 is 38.0 Å². The highest BCUT2D eigenvalue weighted by molar-refractivity contribution is 6.35. The van der Waals surface area contributed by atoms with Gasteiger partial charge >= 0.3 is 12.1 Å². The van der Waals surface area contributed by atoms with E-state index >= 15 is 0 Å². The number of hydrogen-bond acceptors (Lipinski definition) is 16. The number of fused-ring (bicyclic) bond motifs is 2. The van der Waals surface area contributed by atoms with E-state index in [2.05, 4.69) is 102 Å². The van der Waals surface area contributed by atoms with Crippen LogP contribution in [0.3, 0.4) is 0 Å². The summed E-state index contributed by atoms with van der Waals surface area (Å²) in [6.45, 7) is 11.1. The first-order valence-corrected chi connectivity index (χ1v) is 30.6. The summed E-state index contributed by atoms with van der Waals surface area (Å²) in [6, 6.07) is 23.9. The molecule has 0 aliphatic carbocycles. The zero-order chi connectivity index (χ0) is 60.3. The van der Waals surface area contributed by atoms with Gasteiger partial charge in [-0.05, 0) is 96.7 Å². The second-order valence-electron chi connectivity index (χ2n) is 20.8. The summed E-state index contributed by atoms with van der Waals surface area (Å²) >= 11 is 26.1. The van der Waals surface area contributed by atoms with E-state index in [0.717, 1.165) is 82.1 Å². The van der Waals surface area contributed by atoms with Crippen molar-refractivity contribution in [3.05, 3.63) is 151 Å². The van der Waals surface area contributed by atoms with E-state index in [1.54, 1.807) is 24.8 Å². The lowest BCUT2D eigenvalue weighted by Gasteiger charge is -2.33. The van der Waals surface area contributed by atoms with E-state index in [4.69, 9.17) is 84.8 Å². The Morgan fingerprint density at radius 3 is 1.18 bits per heavy atom. The fourth-order valence-electron chi connectivity index (χ4n) is 10.1. The van der Waals surface area contributed by atoms with E-state index < -0.39 is 0 Å². The van der Waals surface area contributed by atoms with Crippen molar-refractivity contribution in [2.24, 2.45) is 0 Å². The summed E-state index contributed by atoms with van der Waals surface area (Å²) in [7, 11) is 4.21. The Morgan fingerprint density at radius 2 is 0.804 bits per heavy atom. The standard InChI is InChI=1S/C62H78Cl4N12O8.6ClH/c1-77-39-51(49-31-47(63)33-55(65)53(49)41-77)43-7-5-9-45(29-43)57-35-67-37-59(75-57)69-13-17-81-21-25-85-27-23-83-19-15-73-61(79)71-11-3-4-12-72-62(80)74-16-20-84-24-28-86-26-22-82-18-14-70-60-38-68-36-58(76-60)46-10-6-8-44(30-46)52-40-78(2)42-54-50(52)32-48(64)34-56(54)66;;;;;;/h5-10,29-38,51-52H,3-4,11-28,39-42H2,1-2H3,(H,69,75)(H,70,76)(H2,71,73,79)(H2,72,74,80);6*1H/t51-,52-;;;;;;/m0....../s1. The molecule has 0 unspecified atom stereocenters. The first kappa shape index (κ1) is 83.8. The Balaban J connectivity index is 0.00000480. The van der Waals surface area contributed by atoms with Gasteiger partial charge in [-0.1, -0.05) is 82.8 Å². The van der Waals surface area contributed by atoms with Crippen LogP contribution in [0.5, 0.6) is 0 Å². The number of nitrogens with one attached hydrogen (secondary N) is 6. The molecule has 0 bridgehead atoms. The zero-order valence-corrected chi connectivity index (χ0v) is 59.2. The van der Waals surface area contributed by atoms with E-state index in [0.29, 0.717) is 163 Å². The molecule has 0 saturated heterocycles. The molecule has 4 aromatic carbocycles. The van der Waals surface area contributed by atoms with Crippen molar-refractivity contribution >= 4 is 145 Å². The maximum Gasteiger partial charge on any atom is 0.314 e. The second kappa shape index (κ2) is 46.0. The van der Waals surface area contributed by atoms with Crippen LogP contribution in [-0.2, 0) is 41.5 Å². The third-order valence-corrected chi connectivity index (χ3v) is 15.4. The van der Waals surface area contributed by atoms with Crippen molar-refractivity contribution in [2.75, 3.05) is 156 Å². The summed E-state index contributed by atoms with van der Waals surface area (Å²) in [4.78, 5) is 47.3. The molecule has 20 nitrogen and oxygen atoms in total. The van der Waals surface area contributed by atoms with Crippen molar-refractivity contribution in [1.82, 2.24) is 51.0 Å². The monoisotopic (exact) mass is 1470 g/mol. The molecule has 92 heavy (non-hydrogen) atoms. The molecule has 4 heterocycles.